The number of hydrogen-bond acceptors (Lipinski definition) is 5. The number of rotatable bonds is 6. The van der Waals surface area contributed by atoms with Gasteiger partial charge in [-0.3, -0.25) is 4.79 Å². The van der Waals surface area contributed by atoms with Gasteiger partial charge >= 0.3 is 0 Å². The molecule has 0 bridgehead atoms. The molecule has 0 atom stereocenters. The van der Waals surface area contributed by atoms with Crippen LogP contribution in [-0.2, 0) is 11.2 Å². The first kappa shape index (κ1) is 18.0. The largest absolute Gasteiger partial charge is 0.378 e. The molecule has 1 aliphatic heterocycles. The van der Waals surface area contributed by atoms with E-state index in [1.165, 1.54) is 6.07 Å². The van der Waals surface area contributed by atoms with Crippen LogP contribution in [-0.4, -0.2) is 46.7 Å². The van der Waals surface area contributed by atoms with E-state index in [-0.39, 0.29) is 11.7 Å². The Morgan fingerprint density at radius 3 is 2.70 bits per heavy atom. The van der Waals surface area contributed by atoms with Gasteiger partial charge in [-0.15, -0.1) is 0 Å². The molecule has 2 aliphatic rings. The van der Waals surface area contributed by atoms with E-state index in [9.17, 15) is 13.6 Å². The van der Waals surface area contributed by atoms with Gasteiger partial charge in [0.2, 0.25) is 5.89 Å². The Hall–Kier alpha value is -2.35. The Morgan fingerprint density at radius 2 is 2.00 bits per heavy atom. The van der Waals surface area contributed by atoms with Crippen molar-refractivity contribution in [1.82, 2.24) is 15.0 Å². The number of likely N-dealkylation sites (tertiary alicyclic amines) is 1. The number of halogens is 2. The van der Waals surface area contributed by atoms with Crippen molar-refractivity contribution in [3.8, 4) is 0 Å². The zero-order valence-electron chi connectivity index (χ0n) is 14.9. The summed E-state index contributed by atoms with van der Waals surface area (Å²) in [6, 6.07) is 3.02. The van der Waals surface area contributed by atoms with Crippen LogP contribution in [0.25, 0.3) is 0 Å². The van der Waals surface area contributed by atoms with Gasteiger partial charge in [0.15, 0.2) is 5.82 Å². The van der Waals surface area contributed by atoms with Gasteiger partial charge in [0.1, 0.15) is 11.6 Å². The molecular weight excluding hydrogens is 356 g/mol. The van der Waals surface area contributed by atoms with Crippen LogP contribution in [0.1, 0.15) is 53.7 Å². The second-order valence-electron chi connectivity index (χ2n) is 7.06. The van der Waals surface area contributed by atoms with E-state index in [0.29, 0.717) is 50.7 Å². The Morgan fingerprint density at radius 1 is 1.22 bits per heavy atom. The van der Waals surface area contributed by atoms with E-state index < -0.39 is 17.5 Å². The molecule has 2 fully saturated rings. The van der Waals surface area contributed by atoms with Gasteiger partial charge in [0.05, 0.1) is 18.3 Å². The number of nitrogens with zero attached hydrogens (tertiary/aromatic N) is 3. The smallest absolute Gasteiger partial charge is 0.256 e. The fourth-order valence-electron chi connectivity index (χ4n) is 3.24. The molecule has 1 aromatic carbocycles. The average molecular weight is 377 g/mol. The molecule has 2 heterocycles. The first-order valence-corrected chi connectivity index (χ1v) is 9.28. The molecule has 27 heavy (non-hydrogen) atoms. The van der Waals surface area contributed by atoms with Crippen LogP contribution in [0, 0.1) is 11.6 Å². The van der Waals surface area contributed by atoms with Gasteiger partial charge in [0, 0.05) is 31.5 Å². The molecule has 0 N–H and O–H groups in total. The predicted molar refractivity (Wildman–Crippen MR) is 91.2 cm³/mol. The molecule has 1 aliphatic carbocycles. The molecule has 0 radical (unpaired) electrons. The van der Waals surface area contributed by atoms with Crippen molar-refractivity contribution in [3.63, 3.8) is 0 Å². The molecule has 144 valence electrons. The summed E-state index contributed by atoms with van der Waals surface area (Å²) in [6.07, 6.45) is 4.23. The van der Waals surface area contributed by atoms with Crippen LogP contribution in [0.2, 0.25) is 0 Å². The van der Waals surface area contributed by atoms with Gasteiger partial charge in [-0.05, 0) is 37.8 Å². The molecule has 4 rings (SSSR count). The molecule has 0 spiro atoms. The summed E-state index contributed by atoms with van der Waals surface area (Å²) in [7, 11) is 0. The number of hydrogen-bond donors (Lipinski definition) is 0. The van der Waals surface area contributed by atoms with E-state index in [1.807, 2.05) is 0 Å². The zero-order valence-corrected chi connectivity index (χ0v) is 14.9. The van der Waals surface area contributed by atoms with Gasteiger partial charge in [0.25, 0.3) is 5.91 Å². The lowest BCUT2D eigenvalue weighted by atomic mass is 10.1. The van der Waals surface area contributed by atoms with Crippen molar-refractivity contribution in [1.29, 1.82) is 0 Å². The highest BCUT2D eigenvalue weighted by atomic mass is 19.1. The summed E-state index contributed by atoms with van der Waals surface area (Å²) in [6.45, 7) is 1.46. The van der Waals surface area contributed by atoms with Crippen LogP contribution in [0.15, 0.2) is 22.7 Å². The number of amides is 1. The molecular formula is C19H21F2N3O3. The quantitative estimate of drug-likeness (QED) is 0.774. The first-order chi connectivity index (χ1) is 13.1. The van der Waals surface area contributed by atoms with E-state index in [0.717, 1.165) is 30.9 Å². The third kappa shape index (κ3) is 4.32. The maximum absolute atomic E-state index is 13.8. The van der Waals surface area contributed by atoms with Crippen molar-refractivity contribution in [2.24, 2.45) is 0 Å². The summed E-state index contributed by atoms with van der Waals surface area (Å²) in [5, 5.41) is 3.96. The van der Waals surface area contributed by atoms with Gasteiger partial charge in [-0.1, -0.05) is 5.16 Å². The highest BCUT2D eigenvalue weighted by molar-refractivity contribution is 5.94. The molecule has 1 saturated carbocycles. The van der Waals surface area contributed by atoms with Crippen LogP contribution < -0.4 is 0 Å². The van der Waals surface area contributed by atoms with E-state index in [2.05, 4.69) is 10.1 Å². The lowest BCUT2D eigenvalue weighted by Crippen LogP contribution is -2.41. The maximum atomic E-state index is 13.8. The van der Waals surface area contributed by atoms with E-state index >= 15 is 0 Å². The van der Waals surface area contributed by atoms with Crippen LogP contribution in [0.4, 0.5) is 8.78 Å². The number of ether oxygens (including phenoxy) is 1. The molecule has 8 heteroatoms. The zero-order chi connectivity index (χ0) is 18.8. The topological polar surface area (TPSA) is 68.5 Å². The van der Waals surface area contributed by atoms with Crippen molar-refractivity contribution >= 4 is 5.91 Å². The molecule has 1 saturated heterocycles. The van der Waals surface area contributed by atoms with Gasteiger partial charge in [-0.2, -0.15) is 4.98 Å². The third-order valence-corrected chi connectivity index (χ3v) is 4.98. The lowest BCUT2D eigenvalue weighted by Gasteiger charge is -2.32. The maximum Gasteiger partial charge on any atom is 0.256 e. The number of benzene rings is 1. The summed E-state index contributed by atoms with van der Waals surface area (Å²) in [4.78, 5) is 18.3. The van der Waals surface area contributed by atoms with Crippen molar-refractivity contribution < 1.29 is 22.8 Å². The SMILES string of the molecule is O=C(c1ccc(F)cc1F)N1CCC(OCCc2noc(C3CC3)n2)CC1. The highest BCUT2D eigenvalue weighted by Gasteiger charge is 2.30. The average Bonchev–Trinajstić information content (AvgIpc) is 3.41. The van der Waals surface area contributed by atoms with Crippen LogP contribution >= 0.6 is 0 Å². The molecule has 1 aromatic heterocycles. The Balaban J connectivity index is 1.21. The van der Waals surface area contributed by atoms with E-state index in [4.69, 9.17) is 9.26 Å². The summed E-state index contributed by atoms with van der Waals surface area (Å²) in [5.41, 5.74) is -0.0978. The van der Waals surface area contributed by atoms with Crippen LogP contribution in [0.5, 0.6) is 0 Å². The predicted octanol–water partition coefficient (Wildman–Crippen LogP) is 3.09. The molecule has 6 nitrogen and oxygen atoms in total. The number of aromatic nitrogens is 2. The fourth-order valence-corrected chi connectivity index (χ4v) is 3.24. The minimum atomic E-state index is -0.830. The Labute approximate surface area is 155 Å². The Bertz CT molecular complexity index is 814. The highest BCUT2D eigenvalue weighted by Crippen LogP contribution is 2.38. The third-order valence-electron chi connectivity index (χ3n) is 4.98. The minimum absolute atomic E-state index is 0.0434. The second-order valence-corrected chi connectivity index (χ2v) is 7.06. The minimum Gasteiger partial charge on any atom is -0.378 e. The number of carbonyl (C=O) groups is 1. The van der Waals surface area contributed by atoms with E-state index in [1.54, 1.807) is 4.90 Å². The molecule has 2 aromatic rings. The summed E-state index contributed by atoms with van der Waals surface area (Å²) < 4.78 is 37.9. The fraction of sp³-hybridized carbons (Fsp3) is 0.526. The lowest BCUT2D eigenvalue weighted by molar-refractivity contribution is 0.00936. The van der Waals surface area contributed by atoms with Gasteiger partial charge < -0.3 is 14.2 Å². The monoisotopic (exact) mass is 377 g/mol. The molecule has 0 unspecified atom stereocenters. The summed E-state index contributed by atoms with van der Waals surface area (Å²) in [5.74, 6) is -0.0995. The number of carbonyl (C=O) groups excluding carboxylic acids is 1. The Kier molecular flexibility index (Phi) is 5.15. The normalized spacial score (nSPS) is 18.1. The second kappa shape index (κ2) is 7.72. The standard InChI is InChI=1S/C19H21F2N3O3/c20-13-3-4-15(16(21)11-13)19(25)24-8-5-14(6-9-24)26-10-7-17-22-18(27-23-17)12-1-2-12/h3-4,11-12,14H,1-2,5-10H2. The van der Waals surface area contributed by atoms with Crippen molar-refractivity contribution in [3.05, 3.63) is 47.1 Å². The van der Waals surface area contributed by atoms with Crippen molar-refractivity contribution in [2.75, 3.05) is 19.7 Å². The first-order valence-electron chi connectivity index (χ1n) is 9.28. The van der Waals surface area contributed by atoms with Gasteiger partial charge in [-0.25, -0.2) is 8.78 Å². The number of piperidine rings is 1. The van der Waals surface area contributed by atoms with Crippen LogP contribution in [0.3, 0.4) is 0 Å². The molecule has 1 amide bonds. The summed E-state index contributed by atoms with van der Waals surface area (Å²) >= 11 is 0. The van der Waals surface area contributed by atoms with Crippen molar-refractivity contribution in [2.45, 2.75) is 44.1 Å².